The number of aromatic amines is 1. The van der Waals surface area contributed by atoms with Gasteiger partial charge in [0.2, 0.25) is 0 Å². The number of H-pyrrole nitrogens is 1. The molecule has 1 aromatic heterocycles. The van der Waals surface area contributed by atoms with Crippen LogP contribution in [0.4, 0.5) is 4.39 Å². The normalized spacial score (nSPS) is 10.3. The van der Waals surface area contributed by atoms with Crippen LogP contribution in [0.15, 0.2) is 35.3 Å². The van der Waals surface area contributed by atoms with E-state index in [9.17, 15) is 14.0 Å². The van der Waals surface area contributed by atoms with Crippen LogP contribution in [0.5, 0.6) is 0 Å². The van der Waals surface area contributed by atoms with E-state index >= 15 is 0 Å². The van der Waals surface area contributed by atoms with E-state index in [4.69, 9.17) is 5.11 Å². The lowest BCUT2D eigenvalue weighted by Crippen LogP contribution is -2.18. The Bertz CT molecular complexity index is 676. The monoisotopic (exact) mass is 247 g/mol. The minimum Gasteiger partial charge on any atom is -0.477 e. The molecule has 0 aliphatic carbocycles. The Balaban J connectivity index is 2.71. The third-order valence-corrected chi connectivity index (χ3v) is 2.64. The summed E-state index contributed by atoms with van der Waals surface area (Å²) in [6.07, 6.45) is 1.36. The van der Waals surface area contributed by atoms with Gasteiger partial charge < -0.3 is 10.1 Å². The van der Waals surface area contributed by atoms with Crippen molar-refractivity contribution in [2.24, 2.45) is 0 Å². The zero-order valence-corrected chi connectivity index (χ0v) is 9.53. The zero-order valence-electron chi connectivity index (χ0n) is 9.53. The van der Waals surface area contributed by atoms with Crippen molar-refractivity contribution in [1.82, 2.24) is 4.98 Å². The van der Waals surface area contributed by atoms with Gasteiger partial charge in [-0.15, -0.1) is 0 Å². The molecule has 92 valence electrons. The summed E-state index contributed by atoms with van der Waals surface area (Å²) in [6, 6.07) is 5.69. The Labute approximate surface area is 102 Å². The van der Waals surface area contributed by atoms with Gasteiger partial charge >= 0.3 is 5.97 Å². The Kier molecular flexibility index (Phi) is 2.97. The van der Waals surface area contributed by atoms with E-state index < -0.39 is 11.5 Å². The Morgan fingerprint density at radius 3 is 2.67 bits per heavy atom. The van der Waals surface area contributed by atoms with Crippen LogP contribution in [0.3, 0.4) is 0 Å². The molecule has 0 radical (unpaired) electrons. The van der Waals surface area contributed by atoms with Crippen LogP contribution in [0.25, 0.3) is 11.1 Å². The molecule has 5 heteroatoms. The number of aromatic carboxylic acids is 1. The van der Waals surface area contributed by atoms with Crippen molar-refractivity contribution in [2.75, 3.05) is 0 Å². The molecule has 0 amide bonds. The molecule has 1 heterocycles. The molecular formula is C13H10FNO3. The number of hydrogen-bond donors (Lipinski definition) is 2. The number of carbonyl (C=O) groups is 1. The van der Waals surface area contributed by atoms with Gasteiger partial charge in [-0.05, 0) is 36.2 Å². The lowest BCUT2D eigenvalue weighted by atomic mass is 10.00. The standard InChI is InChI=1S/C13H10FNO3/c1-7-6-8(2-3-10(7)14)9-4-5-15-12(16)11(9)13(17)18/h2-6H,1H3,(H,15,16)(H,17,18). The van der Waals surface area contributed by atoms with E-state index in [1.807, 2.05) is 0 Å². The molecule has 0 aliphatic rings. The second-order valence-corrected chi connectivity index (χ2v) is 3.86. The van der Waals surface area contributed by atoms with Crippen molar-refractivity contribution < 1.29 is 14.3 Å². The highest BCUT2D eigenvalue weighted by atomic mass is 19.1. The first-order valence-electron chi connectivity index (χ1n) is 5.22. The molecule has 2 rings (SSSR count). The summed E-state index contributed by atoms with van der Waals surface area (Å²) in [4.78, 5) is 24.9. The van der Waals surface area contributed by atoms with Gasteiger partial charge in [-0.25, -0.2) is 9.18 Å². The van der Waals surface area contributed by atoms with Crippen LogP contribution >= 0.6 is 0 Å². The average Bonchev–Trinajstić information content (AvgIpc) is 2.32. The van der Waals surface area contributed by atoms with E-state index in [1.165, 1.54) is 30.5 Å². The lowest BCUT2D eigenvalue weighted by molar-refractivity contribution is 0.0696. The predicted octanol–water partition coefficient (Wildman–Crippen LogP) is 2.19. The minimum absolute atomic E-state index is 0.273. The van der Waals surface area contributed by atoms with E-state index in [0.717, 1.165) is 0 Å². The summed E-state index contributed by atoms with van der Waals surface area (Å²) >= 11 is 0. The van der Waals surface area contributed by atoms with Crippen LogP contribution in [-0.4, -0.2) is 16.1 Å². The summed E-state index contributed by atoms with van der Waals surface area (Å²) in [7, 11) is 0. The fourth-order valence-electron chi connectivity index (χ4n) is 1.74. The van der Waals surface area contributed by atoms with Crippen molar-refractivity contribution in [3.63, 3.8) is 0 Å². The summed E-state index contributed by atoms with van der Waals surface area (Å²) in [6.45, 7) is 1.58. The van der Waals surface area contributed by atoms with Gasteiger partial charge in [0.15, 0.2) is 0 Å². The van der Waals surface area contributed by atoms with Crippen LogP contribution in [-0.2, 0) is 0 Å². The maximum Gasteiger partial charge on any atom is 0.341 e. The highest BCUT2D eigenvalue weighted by Gasteiger charge is 2.16. The average molecular weight is 247 g/mol. The van der Waals surface area contributed by atoms with Gasteiger partial charge in [-0.3, -0.25) is 4.79 Å². The molecule has 4 nitrogen and oxygen atoms in total. The smallest absolute Gasteiger partial charge is 0.341 e. The van der Waals surface area contributed by atoms with Crippen molar-refractivity contribution in [3.8, 4) is 11.1 Å². The molecule has 18 heavy (non-hydrogen) atoms. The molecule has 2 N–H and O–H groups in total. The number of pyridine rings is 1. The van der Waals surface area contributed by atoms with Gasteiger partial charge in [0.25, 0.3) is 5.56 Å². The van der Waals surface area contributed by atoms with Crippen molar-refractivity contribution in [3.05, 3.63) is 57.8 Å². The number of rotatable bonds is 2. The second kappa shape index (κ2) is 4.44. The van der Waals surface area contributed by atoms with Crippen LogP contribution in [0.2, 0.25) is 0 Å². The largest absolute Gasteiger partial charge is 0.477 e. The molecule has 0 spiro atoms. The second-order valence-electron chi connectivity index (χ2n) is 3.86. The first-order valence-corrected chi connectivity index (χ1v) is 5.22. The number of halogens is 1. The summed E-state index contributed by atoms with van der Waals surface area (Å²) in [5.74, 6) is -1.69. The van der Waals surface area contributed by atoms with Gasteiger partial charge in [0.05, 0.1) is 0 Å². The molecule has 0 fully saturated rings. The molecule has 0 saturated carbocycles. The predicted molar refractivity (Wildman–Crippen MR) is 64.2 cm³/mol. The molecule has 0 bridgehead atoms. The van der Waals surface area contributed by atoms with E-state index in [-0.39, 0.29) is 16.9 Å². The van der Waals surface area contributed by atoms with E-state index in [1.54, 1.807) is 6.92 Å². The summed E-state index contributed by atoms with van der Waals surface area (Å²) < 4.78 is 13.2. The van der Waals surface area contributed by atoms with Gasteiger partial charge in [0.1, 0.15) is 11.4 Å². The van der Waals surface area contributed by atoms with Crippen LogP contribution < -0.4 is 5.56 Å². The Hall–Kier alpha value is -2.43. The maximum atomic E-state index is 13.2. The van der Waals surface area contributed by atoms with E-state index in [0.29, 0.717) is 11.1 Å². The van der Waals surface area contributed by atoms with Crippen molar-refractivity contribution >= 4 is 5.97 Å². The highest BCUT2D eigenvalue weighted by molar-refractivity contribution is 5.95. The number of aromatic nitrogens is 1. The number of carboxylic acid groups (broad SMARTS) is 1. The third kappa shape index (κ3) is 2.02. The van der Waals surface area contributed by atoms with Gasteiger partial charge in [0, 0.05) is 11.8 Å². The fraction of sp³-hybridized carbons (Fsp3) is 0.0769. The third-order valence-electron chi connectivity index (χ3n) is 2.64. The molecule has 0 aliphatic heterocycles. The molecule has 2 aromatic rings. The van der Waals surface area contributed by atoms with Crippen LogP contribution in [0.1, 0.15) is 15.9 Å². The fourth-order valence-corrected chi connectivity index (χ4v) is 1.74. The number of carboxylic acids is 1. The molecule has 1 aromatic carbocycles. The van der Waals surface area contributed by atoms with Gasteiger partial charge in [-0.2, -0.15) is 0 Å². The summed E-state index contributed by atoms with van der Waals surface area (Å²) in [5, 5.41) is 9.04. The maximum absolute atomic E-state index is 13.2. The number of hydrogen-bond acceptors (Lipinski definition) is 2. The Morgan fingerprint density at radius 1 is 1.33 bits per heavy atom. The van der Waals surface area contributed by atoms with Crippen LogP contribution in [0, 0.1) is 12.7 Å². The quantitative estimate of drug-likeness (QED) is 0.854. The molecule has 0 atom stereocenters. The van der Waals surface area contributed by atoms with Gasteiger partial charge in [-0.1, -0.05) is 6.07 Å². The van der Waals surface area contributed by atoms with E-state index in [2.05, 4.69) is 4.98 Å². The number of aryl methyl sites for hydroxylation is 1. The first-order chi connectivity index (χ1) is 8.50. The Morgan fingerprint density at radius 2 is 2.06 bits per heavy atom. The molecular weight excluding hydrogens is 237 g/mol. The number of nitrogens with one attached hydrogen (secondary N) is 1. The highest BCUT2D eigenvalue weighted by Crippen LogP contribution is 2.23. The first kappa shape index (κ1) is 12.0. The topological polar surface area (TPSA) is 70.2 Å². The SMILES string of the molecule is Cc1cc(-c2cc[nH]c(=O)c2C(=O)O)ccc1F. The lowest BCUT2D eigenvalue weighted by Gasteiger charge is -2.06. The van der Waals surface area contributed by atoms with Crippen molar-refractivity contribution in [2.45, 2.75) is 6.92 Å². The molecule has 0 unspecified atom stereocenters. The summed E-state index contributed by atoms with van der Waals surface area (Å²) in [5.41, 5.74) is 0.140. The number of benzene rings is 1. The van der Waals surface area contributed by atoms with Crippen molar-refractivity contribution in [1.29, 1.82) is 0 Å². The molecule has 0 saturated heterocycles. The minimum atomic E-state index is -1.31. The zero-order chi connectivity index (χ0) is 13.3.